The molecule has 0 radical (unpaired) electrons. The van der Waals surface area contributed by atoms with E-state index < -0.39 is 0 Å². The monoisotopic (exact) mass is 318 g/mol. The SMILES string of the molecule is CC(=O)N1CC(C)(C)c2ccccc21.c1ccc2ncccc2c1. The number of rotatable bonds is 0. The standard InChI is InChI=1S/C12H15NO.C9H7N/c1-9(14)13-8-12(2,3)10-6-4-5-7-11(10)13;1-2-6-9-8(4-1)5-3-7-10-9/h4-7H,8H2,1-3H3;1-7H. The third-order valence-corrected chi connectivity index (χ3v) is 4.37. The van der Waals surface area contributed by atoms with Crippen molar-refractivity contribution >= 4 is 22.5 Å². The molecule has 2 heterocycles. The van der Waals surface area contributed by atoms with E-state index in [4.69, 9.17) is 0 Å². The van der Waals surface area contributed by atoms with Gasteiger partial charge in [-0.1, -0.05) is 56.3 Å². The van der Waals surface area contributed by atoms with Crippen LogP contribution in [0, 0.1) is 0 Å². The fourth-order valence-electron chi connectivity index (χ4n) is 3.14. The summed E-state index contributed by atoms with van der Waals surface area (Å²) >= 11 is 0. The summed E-state index contributed by atoms with van der Waals surface area (Å²) in [6.45, 7) is 6.77. The fraction of sp³-hybridized carbons (Fsp3) is 0.238. The molecule has 0 aliphatic carbocycles. The molecule has 1 aliphatic rings. The van der Waals surface area contributed by atoms with Crippen molar-refractivity contribution in [1.29, 1.82) is 0 Å². The van der Waals surface area contributed by atoms with Crippen molar-refractivity contribution in [2.24, 2.45) is 0 Å². The Morgan fingerprint density at radius 2 is 1.67 bits per heavy atom. The quantitative estimate of drug-likeness (QED) is 0.608. The molecule has 1 aromatic heterocycles. The van der Waals surface area contributed by atoms with Crippen molar-refractivity contribution < 1.29 is 4.79 Å². The molecule has 0 spiro atoms. The number of benzene rings is 2. The van der Waals surface area contributed by atoms with Gasteiger partial charge in [-0.25, -0.2) is 0 Å². The number of aromatic nitrogens is 1. The van der Waals surface area contributed by atoms with Crippen LogP contribution in [-0.2, 0) is 10.2 Å². The topological polar surface area (TPSA) is 33.2 Å². The molecule has 1 aliphatic heterocycles. The van der Waals surface area contributed by atoms with Crippen LogP contribution in [0.3, 0.4) is 0 Å². The van der Waals surface area contributed by atoms with E-state index in [2.05, 4.69) is 37.0 Å². The van der Waals surface area contributed by atoms with Crippen LogP contribution >= 0.6 is 0 Å². The zero-order chi connectivity index (χ0) is 17.2. The molecule has 3 aromatic rings. The Morgan fingerprint density at radius 3 is 2.42 bits per heavy atom. The number of carbonyl (C=O) groups excluding carboxylic acids is 1. The lowest BCUT2D eigenvalue weighted by Crippen LogP contribution is -2.31. The first-order valence-corrected chi connectivity index (χ1v) is 8.16. The number of hydrogen-bond donors (Lipinski definition) is 0. The van der Waals surface area contributed by atoms with Crippen LogP contribution in [0.25, 0.3) is 10.9 Å². The lowest BCUT2D eigenvalue weighted by Gasteiger charge is -2.19. The van der Waals surface area contributed by atoms with Crippen molar-refractivity contribution in [1.82, 2.24) is 4.98 Å². The molecular formula is C21H22N2O. The van der Waals surface area contributed by atoms with E-state index in [9.17, 15) is 4.79 Å². The molecule has 0 N–H and O–H groups in total. The molecule has 3 heteroatoms. The zero-order valence-electron chi connectivity index (χ0n) is 14.4. The second kappa shape index (κ2) is 6.44. The van der Waals surface area contributed by atoms with E-state index in [1.807, 2.05) is 53.6 Å². The number of carbonyl (C=O) groups is 1. The lowest BCUT2D eigenvalue weighted by molar-refractivity contribution is -0.116. The Bertz CT molecular complexity index is 805. The molecule has 0 saturated heterocycles. The van der Waals surface area contributed by atoms with E-state index in [1.165, 1.54) is 10.9 Å². The minimum absolute atomic E-state index is 0.0856. The van der Waals surface area contributed by atoms with Gasteiger partial charge in [-0.3, -0.25) is 9.78 Å². The highest BCUT2D eigenvalue weighted by atomic mass is 16.2. The molecule has 24 heavy (non-hydrogen) atoms. The maximum Gasteiger partial charge on any atom is 0.223 e. The summed E-state index contributed by atoms with van der Waals surface area (Å²) in [5, 5.41) is 1.20. The first-order valence-electron chi connectivity index (χ1n) is 8.16. The average molecular weight is 318 g/mol. The predicted molar refractivity (Wildman–Crippen MR) is 99.2 cm³/mol. The van der Waals surface area contributed by atoms with Crippen LogP contribution < -0.4 is 4.90 Å². The van der Waals surface area contributed by atoms with Crippen LogP contribution in [0.15, 0.2) is 66.9 Å². The van der Waals surface area contributed by atoms with Crippen LogP contribution in [0.5, 0.6) is 0 Å². The van der Waals surface area contributed by atoms with Gasteiger partial charge < -0.3 is 4.90 Å². The Hall–Kier alpha value is -2.68. The molecule has 0 bridgehead atoms. The molecule has 3 nitrogen and oxygen atoms in total. The van der Waals surface area contributed by atoms with Gasteiger partial charge in [0.15, 0.2) is 0 Å². The highest BCUT2D eigenvalue weighted by Crippen LogP contribution is 2.39. The molecule has 4 rings (SSSR count). The number of para-hydroxylation sites is 2. The van der Waals surface area contributed by atoms with E-state index in [0.717, 1.165) is 17.7 Å². The molecule has 2 aromatic carbocycles. The highest BCUT2D eigenvalue weighted by Gasteiger charge is 2.36. The Morgan fingerprint density at radius 1 is 1.00 bits per heavy atom. The van der Waals surface area contributed by atoms with Crippen molar-refractivity contribution in [2.45, 2.75) is 26.2 Å². The zero-order valence-corrected chi connectivity index (χ0v) is 14.4. The highest BCUT2D eigenvalue weighted by molar-refractivity contribution is 5.94. The average Bonchev–Trinajstić information content (AvgIpc) is 2.88. The van der Waals surface area contributed by atoms with Crippen molar-refractivity contribution in [2.75, 3.05) is 11.4 Å². The Kier molecular flexibility index (Phi) is 4.34. The largest absolute Gasteiger partial charge is 0.311 e. The summed E-state index contributed by atoms with van der Waals surface area (Å²) in [4.78, 5) is 17.5. The Balaban J connectivity index is 0.000000149. The molecule has 0 unspecified atom stereocenters. The van der Waals surface area contributed by atoms with Crippen LogP contribution in [-0.4, -0.2) is 17.4 Å². The predicted octanol–water partition coefficient (Wildman–Crippen LogP) is 4.57. The molecule has 1 amide bonds. The number of hydrogen-bond acceptors (Lipinski definition) is 2. The molecule has 0 saturated carbocycles. The van der Waals surface area contributed by atoms with E-state index >= 15 is 0 Å². The third kappa shape index (κ3) is 3.16. The maximum absolute atomic E-state index is 11.4. The van der Waals surface area contributed by atoms with Crippen LogP contribution in [0.4, 0.5) is 5.69 Å². The maximum atomic E-state index is 11.4. The van der Waals surface area contributed by atoms with Gasteiger partial charge >= 0.3 is 0 Å². The minimum Gasteiger partial charge on any atom is -0.311 e. The number of nitrogens with zero attached hydrogens (tertiary/aromatic N) is 2. The first kappa shape index (κ1) is 16.2. The van der Waals surface area contributed by atoms with E-state index in [0.29, 0.717) is 0 Å². The van der Waals surface area contributed by atoms with Crippen LogP contribution in [0.1, 0.15) is 26.3 Å². The summed E-state index contributed by atoms with van der Waals surface area (Å²) in [5.41, 5.74) is 3.49. The van der Waals surface area contributed by atoms with Gasteiger partial charge in [-0.2, -0.15) is 0 Å². The van der Waals surface area contributed by atoms with Gasteiger partial charge in [0.25, 0.3) is 0 Å². The van der Waals surface area contributed by atoms with Gasteiger partial charge in [-0.05, 0) is 23.8 Å². The van der Waals surface area contributed by atoms with Gasteiger partial charge in [0.1, 0.15) is 0 Å². The van der Waals surface area contributed by atoms with Gasteiger partial charge in [0, 0.05) is 36.2 Å². The number of pyridine rings is 1. The van der Waals surface area contributed by atoms with E-state index in [-0.39, 0.29) is 11.3 Å². The normalized spacial score (nSPS) is 14.7. The molecular weight excluding hydrogens is 296 g/mol. The second-order valence-electron chi connectivity index (χ2n) is 6.70. The molecule has 0 fully saturated rings. The third-order valence-electron chi connectivity index (χ3n) is 4.37. The van der Waals surface area contributed by atoms with Crippen molar-refractivity contribution in [3.8, 4) is 0 Å². The second-order valence-corrected chi connectivity index (χ2v) is 6.70. The summed E-state index contributed by atoms with van der Waals surface area (Å²) < 4.78 is 0. The van der Waals surface area contributed by atoms with E-state index in [1.54, 1.807) is 6.92 Å². The summed E-state index contributed by atoms with van der Waals surface area (Å²) in [6.07, 6.45) is 1.81. The number of anilines is 1. The van der Waals surface area contributed by atoms with Crippen LogP contribution in [0.2, 0.25) is 0 Å². The lowest BCUT2D eigenvalue weighted by atomic mass is 9.87. The van der Waals surface area contributed by atoms with Crippen molar-refractivity contribution in [3.63, 3.8) is 0 Å². The Labute approximate surface area is 143 Å². The van der Waals surface area contributed by atoms with Crippen molar-refractivity contribution in [3.05, 3.63) is 72.4 Å². The van der Waals surface area contributed by atoms with Gasteiger partial charge in [0.05, 0.1) is 5.52 Å². The number of amides is 1. The smallest absolute Gasteiger partial charge is 0.223 e. The van der Waals surface area contributed by atoms with Gasteiger partial charge in [0.2, 0.25) is 5.91 Å². The fourth-order valence-corrected chi connectivity index (χ4v) is 3.14. The summed E-state index contributed by atoms with van der Waals surface area (Å²) in [7, 11) is 0. The molecule has 122 valence electrons. The minimum atomic E-state index is 0.0856. The number of fused-ring (bicyclic) bond motifs is 2. The molecule has 0 atom stereocenters. The summed E-state index contributed by atoms with van der Waals surface area (Å²) in [5.74, 6) is 0.128. The summed E-state index contributed by atoms with van der Waals surface area (Å²) in [6, 6.07) is 20.2. The van der Waals surface area contributed by atoms with Gasteiger partial charge in [-0.15, -0.1) is 0 Å². The first-order chi connectivity index (χ1) is 11.5.